The van der Waals surface area contributed by atoms with Gasteiger partial charge in [0.05, 0.1) is 37.8 Å². The second-order valence-corrected chi connectivity index (χ2v) is 8.36. The third kappa shape index (κ3) is 4.31. The maximum Gasteiger partial charge on any atom is 0.200 e. The summed E-state index contributed by atoms with van der Waals surface area (Å²) in [6.45, 7) is 1.86. The van der Waals surface area contributed by atoms with Crippen LogP contribution in [0.25, 0.3) is 22.1 Å². The van der Waals surface area contributed by atoms with E-state index in [9.17, 15) is 4.79 Å². The van der Waals surface area contributed by atoms with Crippen molar-refractivity contribution < 1.29 is 23.4 Å². The molecule has 0 unspecified atom stereocenters. The molecule has 5 rings (SSSR count). The fourth-order valence-corrected chi connectivity index (χ4v) is 4.47. The number of hydrogen-bond donors (Lipinski definition) is 0. The number of ether oxygens (including phenoxy) is 4. The Morgan fingerprint density at radius 2 is 1.69 bits per heavy atom. The highest BCUT2D eigenvalue weighted by Gasteiger charge is 2.23. The van der Waals surface area contributed by atoms with E-state index >= 15 is 0 Å². The average Bonchev–Trinajstić information content (AvgIpc) is 2.91. The Hall–Kier alpha value is -3.97. The summed E-state index contributed by atoms with van der Waals surface area (Å²) in [4.78, 5) is 15.6. The SMILES string of the molecule is COc1ccc(CCN2COc3ccc4c(=O)c(-c5ccccc5OC)coc4c3C2)cc1OC. The molecule has 1 aliphatic heterocycles. The van der Waals surface area contributed by atoms with E-state index in [0.29, 0.717) is 52.6 Å². The van der Waals surface area contributed by atoms with Gasteiger partial charge >= 0.3 is 0 Å². The number of methoxy groups -OCH3 is 3. The fraction of sp³-hybridized carbons (Fsp3) is 0.250. The van der Waals surface area contributed by atoms with Gasteiger partial charge in [-0.3, -0.25) is 9.69 Å². The smallest absolute Gasteiger partial charge is 0.200 e. The normalized spacial score (nSPS) is 13.2. The maximum atomic E-state index is 13.4. The van der Waals surface area contributed by atoms with Crippen molar-refractivity contribution in [1.82, 2.24) is 4.90 Å². The van der Waals surface area contributed by atoms with Crippen LogP contribution in [0.3, 0.4) is 0 Å². The van der Waals surface area contributed by atoms with Gasteiger partial charge in [-0.05, 0) is 42.3 Å². The van der Waals surface area contributed by atoms with E-state index in [2.05, 4.69) is 4.90 Å². The van der Waals surface area contributed by atoms with Crippen molar-refractivity contribution in [3.8, 4) is 34.1 Å². The summed E-state index contributed by atoms with van der Waals surface area (Å²) in [5.41, 5.74) is 3.65. The van der Waals surface area contributed by atoms with Crippen molar-refractivity contribution in [2.45, 2.75) is 13.0 Å². The Labute approximate surface area is 203 Å². The minimum absolute atomic E-state index is 0.0963. The first-order chi connectivity index (χ1) is 17.1. The molecule has 0 atom stereocenters. The van der Waals surface area contributed by atoms with Crippen LogP contribution in [0.1, 0.15) is 11.1 Å². The van der Waals surface area contributed by atoms with Gasteiger partial charge in [0.2, 0.25) is 5.43 Å². The van der Waals surface area contributed by atoms with Crippen molar-refractivity contribution in [3.05, 3.63) is 82.2 Å². The third-order valence-electron chi connectivity index (χ3n) is 6.35. The summed E-state index contributed by atoms with van der Waals surface area (Å²) in [5, 5.41) is 0.525. The molecule has 0 radical (unpaired) electrons. The molecule has 4 aromatic rings. The number of nitrogens with zero attached hydrogens (tertiary/aromatic N) is 1. The number of rotatable bonds is 7. The maximum absolute atomic E-state index is 13.4. The number of hydrogen-bond acceptors (Lipinski definition) is 7. The zero-order chi connectivity index (χ0) is 24.4. The van der Waals surface area contributed by atoms with Crippen molar-refractivity contribution in [2.75, 3.05) is 34.6 Å². The number of para-hydroxylation sites is 1. The van der Waals surface area contributed by atoms with Crippen molar-refractivity contribution >= 4 is 11.0 Å². The second-order valence-electron chi connectivity index (χ2n) is 8.36. The van der Waals surface area contributed by atoms with Crippen LogP contribution in [0.4, 0.5) is 0 Å². The zero-order valence-corrected chi connectivity index (χ0v) is 20.0. The Morgan fingerprint density at radius 3 is 2.49 bits per heavy atom. The summed E-state index contributed by atoms with van der Waals surface area (Å²) in [6.07, 6.45) is 2.33. The van der Waals surface area contributed by atoms with Gasteiger partial charge in [0.1, 0.15) is 30.1 Å². The first-order valence-electron chi connectivity index (χ1n) is 11.4. The first kappa shape index (κ1) is 22.8. The predicted octanol–water partition coefficient (Wildman–Crippen LogP) is 4.88. The molecule has 0 amide bonds. The van der Waals surface area contributed by atoms with E-state index in [1.54, 1.807) is 27.4 Å². The molecule has 1 aromatic heterocycles. The van der Waals surface area contributed by atoms with E-state index in [1.165, 1.54) is 6.26 Å². The highest BCUT2D eigenvalue weighted by atomic mass is 16.5. The highest BCUT2D eigenvalue weighted by molar-refractivity contribution is 5.86. The Bertz CT molecular complexity index is 1430. The van der Waals surface area contributed by atoms with E-state index in [4.69, 9.17) is 23.4 Å². The van der Waals surface area contributed by atoms with Gasteiger partial charge in [0, 0.05) is 18.7 Å². The average molecular weight is 474 g/mol. The van der Waals surface area contributed by atoms with Crippen molar-refractivity contribution in [1.29, 1.82) is 0 Å². The molecule has 0 bridgehead atoms. The Morgan fingerprint density at radius 1 is 0.886 bits per heavy atom. The van der Waals surface area contributed by atoms with Crippen LogP contribution in [0.2, 0.25) is 0 Å². The highest BCUT2D eigenvalue weighted by Crippen LogP contribution is 2.34. The molecule has 0 saturated carbocycles. The standard InChI is InChI=1S/C28H27NO6/c1-31-23-7-5-4-6-19(23)22-16-34-28-20(27(22)30)9-11-24-21(28)15-29(17-35-24)13-12-18-8-10-25(32-2)26(14-18)33-3/h4-11,14,16H,12-13,15,17H2,1-3H3. The van der Waals surface area contributed by atoms with E-state index in [-0.39, 0.29) is 5.43 Å². The van der Waals surface area contributed by atoms with Crippen LogP contribution in [0.5, 0.6) is 23.0 Å². The van der Waals surface area contributed by atoms with Gasteiger partial charge in [-0.25, -0.2) is 0 Å². The summed E-state index contributed by atoms with van der Waals surface area (Å²) in [6, 6.07) is 17.0. The Balaban J connectivity index is 1.41. The quantitative estimate of drug-likeness (QED) is 0.379. The van der Waals surface area contributed by atoms with Crippen LogP contribution in [-0.4, -0.2) is 39.5 Å². The zero-order valence-electron chi connectivity index (χ0n) is 20.0. The summed E-state index contributed by atoms with van der Waals surface area (Å²) in [7, 11) is 4.85. The van der Waals surface area contributed by atoms with Crippen LogP contribution >= 0.6 is 0 Å². The predicted molar refractivity (Wildman–Crippen MR) is 134 cm³/mol. The largest absolute Gasteiger partial charge is 0.496 e. The molecule has 0 fully saturated rings. The lowest BCUT2D eigenvalue weighted by Gasteiger charge is -2.29. The molecule has 0 N–H and O–H groups in total. The fourth-order valence-electron chi connectivity index (χ4n) is 4.47. The second kappa shape index (κ2) is 9.72. The number of fused-ring (bicyclic) bond motifs is 3. The van der Waals surface area contributed by atoms with Gasteiger partial charge in [-0.2, -0.15) is 0 Å². The minimum atomic E-state index is -0.0963. The van der Waals surface area contributed by atoms with Gasteiger partial charge in [-0.15, -0.1) is 0 Å². The molecule has 0 aliphatic carbocycles. The van der Waals surface area contributed by atoms with Crippen molar-refractivity contribution in [3.63, 3.8) is 0 Å². The van der Waals surface area contributed by atoms with Crippen LogP contribution < -0.4 is 24.4 Å². The summed E-state index contributed by atoms with van der Waals surface area (Å²) in [5.74, 6) is 2.79. The first-order valence-corrected chi connectivity index (χ1v) is 11.4. The lowest BCUT2D eigenvalue weighted by atomic mass is 10.0. The summed E-state index contributed by atoms with van der Waals surface area (Å²) >= 11 is 0. The van der Waals surface area contributed by atoms with Gasteiger partial charge < -0.3 is 23.4 Å². The monoisotopic (exact) mass is 473 g/mol. The Kier molecular flexibility index (Phi) is 6.33. The molecule has 180 valence electrons. The van der Waals surface area contributed by atoms with Gasteiger partial charge in [0.15, 0.2) is 11.5 Å². The lowest BCUT2D eigenvalue weighted by molar-refractivity contribution is 0.0968. The van der Waals surface area contributed by atoms with E-state index in [0.717, 1.165) is 29.8 Å². The molecular formula is C28H27NO6. The molecule has 7 nitrogen and oxygen atoms in total. The summed E-state index contributed by atoms with van der Waals surface area (Å²) < 4.78 is 28.2. The molecule has 2 heterocycles. The molecular weight excluding hydrogens is 446 g/mol. The number of benzene rings is 3. The van der Waals surface area contributed by atoms with E-state index < -0.39 is 0 Å². The van der Waals surface area contributed by atoms with E-state index in [1.807, 2.05) is 48.5 Å². The van der Waals surface area contributed by atoms with Gasteiger partial charge in [-0.1, -0.05) is 24.3 Å². The topological polar surface area (TPSA) is 70.4 Å². The van der Waals surface area contributed by atoms with Crippen LogP contribution in [0, 0.1) is 0 Å². The van der Waals surface area contributed by atoms with Crippen LogP contribution in [0.15, 0.2) is 70.1 Å². The molecule has 7 heteroatoms. The minimum Gasteiger partial charge on any atom is -0.496 e. The lowest BCUT2D eigenvalue weighted by Crippen LogP contribution is -2.33. The molecule has 1 aliphatic rings. The molecule has 3 aromatic carbocycles. The van der Waals surface area contributed by atoms with Gasteiger partial charge in [0.25, 0.3) is 0 Å². The van der Waals surface area contributed by atoms with Crippen LogP contribution in [-0.2, 0) is 13.0 Å². The third-order valence-corrected chi connectivity index (χ3v) is 6.35. The van der Waals surface area contributed by atoms with Crippen molar-refractivity contribution in [2.24, 2.45) is 0 Å². The molecule has 0 spiro atoms. The molecule has 0 saturated heterocycles. The molecule has 35 heavy (non-hydrogen) atoms.